The number of hydrogen-bond acceptors (Lipinski definition) is 30. The van der Waals surface area contributed by atoms with Crippen LogP contribution in [0.4, 0.5) is 73.7 Å². The van der Waals surface area contributed by atoms with Gasteiger partial charge < -0.3 is 61.7 Å². The fourth-order valence-electron chi connectivity index (χ4n) is 8.96. The second-order valence-corrected chi connectivity index (χ2v) is 29.1. The number of aldehydes is 1. The number of benzene rings is 1. The van der Waals surface area contributed by atoms with E-state index in [0.717, 1.165) is 67.7 Å². The van der Waals surface area contributed by atoms with Crippen LogP contribution in [-0.4, -0.2) is 189 Å². The third kappa shape index (κ3) is 41.9. The van der Waals surface area contributed by atoms with Gasteiger partial charge in [-0.05, 0) is 161 Å². The van der Waals surface area contributed by atoms with E-state index >= 15 is 0 Å². The normalized spacial score (nSPS) is 12.0. The van der Waals surface area contributed by atoms with Crippen molar-refractivity contribution in [3.8, 4) is 24.0 Å². The molecular formula is C81H113ClF3N21O21. The van der Waals surface area contributed by atoms with Gasteiger partial charge in [-0.25, -0.2) is 44.1 Å². The Kier molecular flexibility index (Phi) is 50.6. The van der Waals surface area contributed by atoms with Crippen LogP contribution in [0.5, 0.6) is 5.75 Å². The molecule has 0 unspecified atom stereocenters. The summed E-state index contributed by atoms with van der Waals surface area (Å²) in [6.45, 7) is 27.2. The molecule has 0 saturated heterocycles. The summed E-state index contributed by atoms with van der Waals surface area (Å²) < 4.78 is 51.8. The number of aliphatic carboxylic acids is 1. The molecule has 6 aromatic rings. The summed E-state index contributed by atoms with van der Waals surface area (Å²) in [5.41, 5.74) is 6.73. The third-order valence-corrected chi connectivity index (χ3v) is 16.2. The number of carboxylic acid groups (broad SMARTS) is 1. The summed E-state index contributed by atoms with van der Waals surface area (Å²) in [6, 6.07) is 22.6. The van der Waals surface area contributed by atoms with E-state index in [-0.39, 0.29) is 112 Å². The van der Waals surface area contributed by atoms with Crippen molar-refractivity contribution in [3.05, 3.63) is 160 Å². The number of carboxylic acids is 1. The SMILES string of the molecule is C.C.C.C.CC[C@@H](C)C(=O)Nc1ccc2c(n1)CNC(=O)C2.COc1ccc(CNc2ccc([N+](=O)[O-])c(C#N)n2)c(C)c1.C[C@@H](C(=O)Nc1ccc([N+](=O)[O-])c(C#N)n1)N(C)C(=O)OC(C)(C)C.C[C@@H](C(=O)Nc1ccc2c(n1)CNC(=O)C2)N(C)C(=O)OC(C)(C)C.C[C@@H](C(=O)O)N(C)C(=O)OC(C)(C)C.Cl.N#Cc1nc(N)ccc1[N+](=O)[O-].O=CC(F)(F)F. The Labute approximate surface area is 740 Å². The summed E-state index contributed by atoms with van der Waals surface area (Å²) in [7, 11) is 5.92. The maximum atomic E-state index is 12.4. The van der Waals surface area contributed by atoms with E-state index in [9.17, 15) is 86.7 Å². The number of anilines is 5. The molecule has 0 spiro atoms. The Morgan fingerprint density at radius 1 is 0.567 bits per heavy atom. The number of hydrogen-bond donors (Lipinski definition) is 8. The highest BCUT2D eigenvalue weighted by molar-refractivity contribution is 5.97. The number of rotatable bonds is 18. The molecule has 0 radical (unpaired) electrons. The van der Waals surface area contributed by atoms with E-state index in [1.807, 2.05) is 45.0 Å². The number of likely N-dealkylation sites (N-methyl/N-ethyl adjacent to an activating group) is 3. The standard InChI is InChI=1S/C17H24N4O4.C15H19N5O5.C15H14N4O3.C13H17N3O2.C9H17NO4.C6H4N4O2.C2HF3O.4CH4.ClH/c1-10(21(5)16(24)25-17(2,3)4)15(23)20-13-7-6-11-8-14(22)18-9-12(11)19-13;1-9(19(5)14(22)25-15(2,3)4)13(21)18-12-7-6-11(20(23)24)10(8-16)17-12;1-10-7-12(22-2)4-3-11(10)9-17-15-6-5-14(19(20)21)13(8-16)18-15;1-3-8(2)13(18)16-11-5-4-9-6-12(17)14-7-10(9)15-11;1-6(7(11)12)10(5)8(13)14-9(2,3)4;7-3-4-5(10(11)12)1-2-6(8)9-4;3-2(4,5)1-6;;;;;/h6-7,10H,8-9H2,1-5H3,(H,18,22)(H,19,20,23);6-7,9H,1-5H3,(H,17,18,21);3-7H,9H2,1-2H3,(H,17,18);4-5,8H,3,6-7H2,1-2H3,(H,14,17)(H,15,16,18);6H,1-5H3,(H,11,12);1-2H,(H2,8,9);1H;4*1H4;1H/t10-;9-;;8-;6-;;;;;;;/m00.10......./s1. The van der Waals surface area contributed by atoms with Crippen LogP contribution < -0.4 is 42.4 Å². The first kappa shape index (κ1) is 119. The summed E-state index contributed by atoms with van der Waals surface area (Å²) in [5.74, 6) is 0.0939. The van der Waals surface area contributed by atoms with Crippen molar-refractivity contribution >= 4 is 119 Å². The van der Waals surface area contributed by atoms with E-state index < -0.39 is 104 Å². The lowest BCUT2D eigenvalue weighted by atomic mass is 10.1. The number of aromatic nitrogens is 5. The average Bonchev–Trinajstić information content (AvgIpc) is 0.797. The monoisotopic (exact) mass is 1810 g/mol. The molecule has 0 aliphatic carbocycles. The van der Waals surface area contributed by atoms with Crippen molar-refractivity contribution in [2.24, 2.45) is 5.92 Å². The van der Waals surface area contributed by atoms with Crippen LogP contribution in [-0.2, 0) is 80.2 Å². The summed E-state index contributed by atoms with van der Waals surface area (Å²) in [6.07, 6.45) is -6.14. The minimum absolute atomic E-state index is 0. The highest BCUT2D eigenvalue weighted by atomic mass is 35.5. The topological polar surface area (TPSA) is 601 Å². The Bertz CT molecular complexity index is 4950. The number of nitrogens with one attached hydrogen (secondary N) is 6. The molecule has 2 aliphatic rings. The van der Waals surface area contributed by atoms with Gasteiger partial charge in [-0.3, -0.25) is 73.8 Å². The number of nitrogens with zero attached hydrogens (tertiary/aromatic N) is 14. The molecule has 0 fully saturated rings. The minimum atomic E-state index is -4.64. The number of pyridine rings is 5. The van der Waals surface area contributed by atoms with Crippen molar-refractivity contribution < 1.29 is 99.9 Å². The summed E-state index contributed by atoms with van der Waals surface area (Å²) in [4.78, 5) is 167. The first-order chi connectivity index (χ1) is 56.5. The highest BCUT2D eigenvalue weighted by Crippen LogP contribution is 2.25. The highest BCUT2D eigenvalue weighted by Gasteiger charge is 2.32. The number of halogens is 4. The number of nitrogens with two attached hydrogens (primary N) is 1. The summed E-state index contributed by atoms with van der Waals surface area (Å²) >= 11 is 0. The molecule has 8 amide bonds. The number of carbonyl (C=O) groups is 10. The third-order valence-electron chi connectivity index (χ3n) is 16.2. The lowest BCUT2D eigenvalue weighted by molar-refractivity contribution is -0.385. The number of carbonyl (C=O) groups excluding carboxylic acids is 9. The minimum Gasteiger partial charge on any atom is -0.497 e. The van der Waals surface area contributed by atoms with Gasteiger partial charge in [0.25, 0.3) is 0 Å². The largest absolute Gasteiger partial charge is 0.497 e. The van der Waals surface area contributed by atoms with Crippen LogP contribution in [0, 0.1) is 77.2 Å². The van der Waals surface area contributed by atoms with E-state index in [2.05, 4.69) is 56.8 Å². The van der Waals surface area contributed by atoms with Crippen LogP contribution in [0.3, 0.4) is 0 Å². The van der Waals surface area contributed by atoms with Gasteiger partial charge in [0, 0.05) is 51.8 Å². The molecule has 42 nitrogen and oxygen atoms in total. The smallest absolute Gasteiger partial charge is 0.446 e. The van der Waals surface area contributed by atoms with Gasteiger partial charge >= 0.3 is 47.5 Å². The second-order valence-electron chi connectivity index (χ2n) is 29.1. The molecule has 5 aromatic heterocycles. The van der Waals surface area contributed by atoms with Gasteiger partial charge in [0.15, 0.2) is 0 Å². The van der Waals surface area contributed by atoms with Gasteiger partial charge in [-0.2, -0.15) is 29.0 Å². The van der Waals surface area contributed by atoms with Crippen LogP contribution >= 0.6 is 12.4 Å². The molecule has 0 bridgehead atoms. The molecule has 8 rings (SSSR count). The van der Waals surface area contributed by atoms with Crippen LogP contribution in [0.15, 0.2) is 78.9 Å². The van der Waals surface area contributed by atoms with Crippen molar-refractivity contribution in [2.75, 3.05) is 55.3 Å². The Morgan fingerprint density at radius 2 is 0.898 bits per heavy atom. The first-order valence-electron chi connectivity index (χ1n) is 36.4. The number of methoxy groups -OCH3 is 1. The fraction of sp³-hybridized carbons (Fsp3) is 0.457. The second kappa shape index (κ2) is 54.1. The molecule has 4 atom stereocenters. The van der Waals surface area contributed by atoms with E-state index in [4.69, 9.17) is 50.4 Å². The molecule has 127 heavy (non-hydrogen) atoms. The van der Waals surface area contributed by atoms with E-state index in [1.54, 1.807) is 113 Å². The lowest BCUT2D eigenvalue weighted by Crippen LogP contribution is -2.45. The van der Waals surface area contributed by atoms with Gasteiger partial charge in [0.2, 0.25) is 52.9 Å². The molecule has 696 valence electrons. The predicted octanol–water partition coefficient (Wildman–Crippen LogP) is 13.0. The number of nitro groups is 3. The average molecular weight is 1810 g/mol. The van der Waals surface area contributed by atoms with Crippen molar-refractivity contribution in [1.29, 1.82) is 15.8 Å². The van der Waals surface area contributed by atoms with Gasteiger partial charge in [0.05, 0.1) is 59.2 Å². The fourth-order valence-corrected chi connectivity index (χ4v) is 8.96. The zero-order chi connectivity index (χ0) is 93.2. The van der Waals surface area contributed by atoms with E-state index in [0.29, 0.717) is 43.5 Å². The Hall–Kier alpha value is -14.6. The maximum absolute atomic E-state index is 12.4. The number of ether oxygens (including phenoxy) is 4. The van der Waals surface area contributed by atoms with Crippen LogP contribution in [0.2, 0.25) is 0 Å². The number of alkyl halides is 3. The Balaban J connectivity index is -0.000000710. The van der Waals surface area contributed by atoms with Crippen molar-refractivity contribution in [2.45, 2.75) is 214 Å². The summed E-state index contributed by atoms with van der Waals surface area (Å²) in [5, 5.41) is 83.1. The number of fused-ring (bicyclic) bond motifs is 2. The van der Waals surface area contributed by atoms with Gasteiger partial charge in [0.1, 0.15) is 88.0 Å². The quantitative estimate of drug-likeness (QED) is 0.0171. The van der Waals surface area contributed by atoms with Crippen molar-refractivity contribution in [1.82, 2.24) is 50.3 Å². The zero-order valence-corrected chi connectivity index (χ0v) is 71.4. The molecule has 2 aliphatic heterocycles. The molecule has 1 aromatic carbocycles. The molecular weight excluding hydrogens is 1700 g/mol. The van der Waals surface area contributed by atoms with Crippen molar-refractivity contribution in [3.63, 3.8) is 0 Å². The van der Waals surface area contributed by atoms with Gasteiger partial charge in [-0.1, -0.05) is 61.8 Å². The maximum Gasteiger partial charge on any atom is 0.446 e. The number of nitrogen functional groups attached to an aromatic ring is 1. The van der Waals surface area contributed by atoms with E-state index in [1.165, 1.54) is 64.2 Å². The number of nitriles is 3. The lowest BCUT2D eigenvalue weighted by Gasteiger charge is -2.28. The molecule has 9 N–H and O–H groups in total. The zero-order valence-electron chi connectivity index (χ0n) is 70.6. The van der Waals surface area contributed by atoms with Crippen LogP contribution in [0.1, 0.15) is 184 Å². The molecule has 7 heterocycles. The number of amides is 8. The first-order valence-corrected chi connectivity index (χ1v) is 36.4. The molecule has 46 heteroatoms. The molecule has 0 saturated carbocycles. The van der Waals surface area contributed by atoms with Gasteiger partial charge in [-0.15, -0.1) is 12.4 Å². The number of aryl methyl sites for hydroxylation is 1. The van der Waals surface area contributed by atoms with Crippen LogP contribution in [0.25, 0.3) is 0 Å². The Morgan fingerprint density at radius 3 is 1.23 bits per heavy atom. The predicted molar refractivity (Wildman–Crippen MR) is 466 cm³/mol.